The first-order valence-corrected chi connectivity index (χ1v) is 9.81. The highest BCUT2D eigenvalue weighted by atomic mass is 19.4. The Kier molecular flexibility index (Phi) is 5.58. The predicted octanol–water partition coefficient (Wildman–Crippen LogP) is 4.24. The predicted molar refractivity (Wildman–Crippen MR) is 108 cm³/mol. The van der Waals surface area contributed by atoms with Crippen molar-refractivity contribution in [3.8, 4) is 5.75 Å². The molecule has 2 N–H and O–H groups in total. The zero-order valence-corrected chi connectivity index (χ0v) is 16.4. The van der Waals surface area contributed by atoms with Crippen molar-refractivity contribution in [2.75, 3.05) is 11.9 Å². The molecule has 4 rings (SSSR count). The number of amides is 2. The lowest BCUT2D eigenvalue weighted by molar-refractivity contribution is -0.274. The summed E-state index contributed by atoms with van der Waals surface area (Å²) in [5.41, 5.74) is 1.95. The highest BCUT2D eigenvalue weighted by Crippen LogP contribution is 2.27. The minimum atomic E-state index is -4.82. The number of fused-ring (bicyclic) bond motifs is 1. The number of aromatic nitrogens is 1. The van der Waals surface area contributed by atoms with Crippen LogP contribution in [0.2, 0.25) is 0 Å². The summed E-state index contributed by atoms with van der Waals surface area (Å²) in [5, 5.41) is 3.55. The number of ether oxygens (including phenoxy) is 1. The molecule has 0 radical (unpaired) electrons. The van der Waals surface area contributed by atoms with Crippen molar-refractivity contribution >= 4 is 28.4 Å². The number of carbonyl (C=O) groups is 2. The molecule has 1 aliphatic heterocycles. The molecule has 0 unspecified atom stereocenters. The van der Waals surface area contributed by atoms with Gasteiger partial charge in [-0.1, -0.05) is 24.3 Å². The maximum atomic E-state index is 12.9. The molecule has 0 bridgehead atoms. The van der Waals surface area contributed by atoms with Crippen molar-refractivity contribution in [1.82, 2.24) is 9.88 Å². The number of halogens is 3. The van der Waals surface area contributed by atoms with E-state index >= 15 is 0 Å². The molecule has 9 heteroatoms. The lowest BCUT2D eigenvalue weighted by atomic mass is 10.1. The summed E-state index contributed by atoms with van der Waals surface area (Å²) < 4.78 is 41.1. The van der Waals surface area contributed by atoms with Gasteiger partial charge in [0.2, 0.25) is 11.8 Å². The number of anilines is 1. The average molecular weight is 431 g/mol. The molecule has 31 heavy (non-hydrogen) atoms. The Labute approximate surface area is 176 Å². The highest BCUT2D eigenvalue weighted by Gasteiger charge is 2.34. The second-order valence-corrected chi connectivity index (χ2v) is 7.35. The summed E-state index contributed by atoms with van der Waals surface area (Å²) in [4.78, 5) is 30.4. The van der Waals surface area contributed by atoms with E-state index in [0.29, 0.717) is 19.4 Å². The largest absolute Gasteiger partial charge is 0.573 e. The maximum Gasteiger partial charge on any atom is 0.573 e. The van der Waals surface area contributed by atoms with Crippen molar-refractivity contribution in [2.24, 2.45) is 0 Å². The van der Waals surface area contributed by atoms with Gasteiger partial charge >= 0.3 is 6.36 Å². The van der Waals surface area contributed by atoms with Gasteiger partial charge in [-0.2, -0.15) is 0 Å². The molecule has 6 nitrogen and oxygen atoms in total. The van der Waals surface area contributed by atoms with Crippen LogP contribution in [0, 0.1) is 0 Å². The van der Waals surface area contributed by atoms with E-state index in [2.05, 4.69) is 15.0 Å². The first kappa shape index (κ1) is 20.8. The number of para-hydroxylation sites is 1. The fraction of sp³-hybridized carbons (Fsp3) is 0.273. The summed E-state index contributed by atoms with van der Waals surface area (Å²) >= 11 is 0. The summed E-state index contributed by atoms with van der Waals surface area (Å²) in [5.74, 6) is -1.03. The van der Waals surface area contributed by atoms with Crippen LogP contribution in [0.15, 0.2) is 54.7 Å². The molecule has 1 atom stereocenters. The van der Waals surface area contributed by atoms with Crippen LogP contribution in [-0.2, 0) is 16.0 Å². The van der Waals surface area contributed by atoms with Crippen LogP contribution in [0.3, 0.4) is 0 Å². The third-order valence-electron chi connectivity index (χ3n) is 5.23. The number of nitrogens with zero attached hydrogens (tertiary/aromatic N) is 1. The second kappa shape index (κ2) is 8.33. The van der Waals surface area contributed by atoms with Crippen molar-refractivity contribution in [3.05, 3.63) is 60.3 Å². The smallest absolute Gasteiger partial charge is 0.406 e. The van der Waals surface area contributed by atoms with Gasteiger partial charge < -0.3 is 19.9 Å². The zero-order valence-electron chi connectivity index (χ0n) is 16.4. The van der Waals surface area contributed by atoms with E-state index in [9.17, 15) is 22.8 Å². The fourth-order valence-electron chi connectivity index (χ4n) is 3.88. The zero-order chi connectivity index (χ0) is 22.0. The molecule has 1 saturated heterocycles. The summed E-state index contributed by atoms with van der Waals surface area (Å²) in [6.07, 6.45) is -1.71. The van der Waals surface area contributed by atoms with Crippen molar-refractivity contribution in [3.63, 3.8) is 0 Å². The van der Waals surface area contributed by atoms with Gasteiger partial charge in [0.1, 0.15) is 11.8 Å². The normalized spacial score (nSPS) is 16.5. The molecule has 1 fully saturated rings. The van der Waals surface area contributed by atoms with E-state index in [4.69, 9.17) is 0 Å². The van der Waals surface area contributed by atoms with Gasteiger partial charge in [-0.3, -0.25) is 9.59 Å². The van der Waals surface area contributed by atoms with Crippen LogP contribution in [0.1, 0.15) is 18.4 Å². The van der Waals surface area contributed by atoms with E-state index < -0.39 is 24.1 Å². The fourth-order valence-corrected chi connectivity index (χ4v) is 3.88. The van der Waals surface area contributed by atoms with Crippen LogP contribution in [0.5, 0.6) is 5.75 Å². The molecule has 0 aliphatic carbocycles. The summed E-state index contributed by atoms with van der Waals surface area (Å²) in [7, 11) is 0. The lowest BCUT2D eigenvalue weighted by Gasteiger charge is -2.24. The van der Waals surface area contributed by atoms with Crippen LogP contribution >= 0.6 is 0 Å². The topological polar surface area (TPSA) is 74.4 Å². The monoisotopic (exact) mass is 431 g/mol. The number of alkyl halides is 3. The highest BCUT2D eigenvalue weighted by molar-refractivity contribution is 5.98. The Hall–Kier alpha value is -3.49. The number of nitrogens with one attached hydrogen (secondary N) is 2. The Morgan fingerprint density at radius 1 is 1.16 bits per heavy atom. The SMILES string of the molecule is O=C(Nc1cccc(OC(F)(F)F)c1)[C@@H]1CCCN1C(=O)Cc1c[nH]c2ccccc12. The third kappa shape index (κ3) is 4.82. The van der Waals surface area contributed by atoms with Gasteiger partial charge in [0, 0.05) is 35.4 Å². The Balaban J connectivity index is 1.44. The number of likely N-dealkylation sites (tertiary alicyclic amines) is 1. The lowest BCUT2D eigenvalue weighted by Crippen LogP contribution is -2.43. The van der Waals surface area contributed by atoms with Gasteiger partial charge in [-0.15, -0.1) is 13.2 Å². The third-order valence-corrected chi connectivity index (χ3v) is 5.23. The first-order valence-electron chi connectivity index (χ1n) is 9.81. The number of carbonyl (C=O) groups excluding carboxylic acids is 2. The summed E-state index contributed by atoms with van der Waals surface area (Å²) in [6, 6.07) is 12.0. The maximum absolute atomic E-state index is 12.9. The van der Waals surface area contributed by atoms with E-state index in [1.54, 1.807) is 6.20 Å². The number of hydrogen-bond acceptors (Lipinski definition) is 3. The number of hydrogen-bond donors (Lipinski definition) is 2. The number of benzene rings is 2. The van der Waals surface area contributed by atoms with Gasteiger partial charge in [0.15, 0.2) is 0 Å². The minimum absolute atomic E-state index is 0.155. The number of rotatable bonds is 5. The molecular formula is C22H20F3N3O3. The van der Waals surface area contributed by atoms with Gasteiger partial charge in [-0.05, 0) is 36.6 Å². The Bertz CT molecular complexity index is 1110. The first-order chi connectivity index (χ1) is 14.8. The van der Waals surface area contributed by atoms with Crippen LogP contribution < -0.4 is 10.1 Å². The summed E-state index contributed by atoms with van der Waals surface area (Å²) in [6.45, 7) is 0.455. The standard InChI is InChI=1S/C22H20F3N3O3/c23-22(24,25)31-16-6-3-5-15(12-16)27-21(30)19-9-4-10-28(19)20(29)11-14-13-26-18-8-2-1-7-17(14)18/h1-3,5-8,12-13,19,26H,4,9-11H2,(H,27,30)/t19-/m0/s1. The minimum Gasteiger partial charge on any atom is -0.406 e. The molecule has 0 spiro atoms. The molecule has 162 valence electrons. The molecule has 2 aromatic carbocycles. The van der Waals surface area contributed by atoms with Gasteiger partial charge in [-0.25, -0.2) is 0 Å². The van der Waals surface area contributed by atoms with Crippen molar-refractivity contribution in [2.45, 2.75) is 31.7 Å². The molecule has 2 heterocycles. The van der Waals surface area contributed by atoms with Gasteiger partial charge in [0.25, 0.3) is 0 Å². The second-order valence-electron chi connectivity index (χ2n) is 7.35. The van der Waals surface area contributed by atoms with Crippen LogP contribution in [0.25, 0.3) is 10.9 Å². The molecule has 1 aliphatic rings. The van der Waals surface area contributed by atoms with Gasteiger partial charge in [0.05, 0.1) is 6.42 Å². The van der Waals surface area contributed by atoms with Crippen molar-refractivity contribution < 1.29 is 27.5 Å². The van der Waals surface area contributed by atoms with Crippen molar-refractivity contribution in [1.29, 1.82) is 0 Å². The molecule has 3 aromatic rings. The van der Waals surface area contributed by atoms with E-state index in [0.717, 1.165) is 28.6 Å². The van der Waals surface area contributed by atoms with Crippen LogP contribution in [0.4, 0.5) is 18.9 Å². The molecule has 0 saturated carbocycles. The van der Waals surface area contributed by atoms with Crippen LogP contribution in [-0.4, -0.2) is 40.6 Å². The quantitative estimate of drug-likeness (QED) is 0.635. The molecular weight excluding hydrogens is 411 g/mol. The number of aromatic amines is 1. The number of H-pyrrole nitrogens is 1. The Morgan fingerprint density at radius 2 is 1.97 bits per heavy atom. The van der Waals surface area contributed by atoms with E-state index in [-0.39, 0.29) is 18.0 Å². The molecule has 2 amide bonds. The molecule has 1 aromatic heterocycles. The Morgan fingerprint density at radius 3 is 2.77 bits per heavy atom. The van der Waals surface area contributed by atoms with E-state index in [1.807, 2.05) is 24.3 Å². The van der Waals surface area contributed by atoms with E-state index in [1.165, 1.54) is 17.0 Å². The average Bonchev–Trinajstić information content (AvgIpc) is 3.35.